The van der Waals surface area contributed by atoms with E-state index in [9.17, 15) is 9.59 Å². The second kappa shape index (κ2) is 8.57. The minimum atomic E-state index is -0.565. The summed E-state index contributed by atoms with van der Waals surface area (Å²) in [7, 11) is 3.11. The highest BCUT2D eigenvalue weighted by molar-refractivity contribution is 5.91. The number of rotatable bonds is 7. The molecule has 0 fully saturated rings. The van der Waals surface area contributed by atoms with Crippen molar-refractivity contribution in [1.29, 1.82) is 0 Å². The molecular formula is C18H19NO5. The number of hydrogen-bond acceptors (Lipinski definition) is 5. The van der Waals surface area contributed by atoms with Crippen LogP contribution in [0.3, 0.4) is 0 Å². The van der Waals surface area contributed by atoms with E-state index in [-0.39, 0.29) is 12.5 Å². The molecule has 1 amide bonds. The molecule has 0 saturated heterocycles. The molecule has 0 heterocycles. The highest BCUT2D eigenvalue weighted by Crippen LogP contribution is 2.16. The fourth-order valence-corrected chi connectivity index (χ4v) is 2.04. The van der Waals surface area contributed by atoms with Crippen LogP contribution >= 0.6 is 0 Å². The number of nitrogens with one attached hydrogen (secondary N) is 1. The van der Waals surface area contributed by atoms with E-state index in [4.69, 9.17) is 14.2 Å². The van der Waals surface area contributed by atoms with Gasteiger partial charge in [-0.1, -0.05) is 18.2 Å². The molecule has 0 saturated carbocycles. The second-order valence-corrected chi connectivity index (χ2v) is 4.89. The van der Waals surface area contributed by atoms with Gasteiger partial charge in [0.1, 0.15) is 11.5 Å². The van der Waals surface area contributed by atoms with Crippen LogP contribution in [0.2, 0.25) is 0 Å². The summed E-state index contributed by atoms with van der Waals surface area (Å²) in [4.78, 5) is 23.7. The maximum Gasteiger partial charge on any atom is 0.338 e. The largest absolute Gasteiger partial charge is 0.497 e. The summed E-state index contributed by atoms with van der Waals surface area (Å²) in [5, 5.41) is 2.68. The van der Waals surface area contributed by atoms with Crippen molar-refractivity contribution in [2.24, 2.45) is 0 Å². The lowest BCUT2D eigenvalue weighted by atomic mass is 10.2. The quantitative estimate of drug-likeness (QED) is 0.788. The number of hydrogen-bond donors (Lipinski definition) is 1. The summed E-state index contributed by atoms with van der Waals surface area (Å²) in [6.07, 6.45) is 0. The SMILES string of the molecule is COc1ccc(C(=O)OCC(=O)NCc2ccccc2OC)cc1. The molecule has 0 radical (unpaired) electrons. The molecule has 24 heavy (non-hydrogen) atoms. The average molecular weight is 329 g/mol. The minimum absolute atomic E-state index is 0.295. The molecule has 0 aliphatic carbocycles. The van der Waals surface area contributed by atoms with Gasteiger partial charge in [0.15, 0.2) is 6.61 Å². The lowest BCUT2D eigenvalue weighted by Crippen LogP contribution is -2.28. The molecule has 0 unspecified atom stereocenters. The van der Waals surface area contributed by atoms with E-state index in [2.05, 4.69) is 5.32 Å². The third-order valence-corrected chi connectivity index (χ3v) is 3.33. The number of methoxy groups -OCH3 is 2. The molecule has 0 aromatic heterocycles. The van der Waals surface area contributed by atoms with Crippen LogP contribution in [-0.4, -0.2) is 32.7 Å². The molecule has 2 aromatic rings. The molecule has 0 aliphatic heterocycles. The average Bonchev–Trinajstić information content (AvgIpc) is 2.64. The van der Waals surface area contributed by atoms with Crippen molar-refractivity contribution in [2.45, 2.75) is 6.54 Å². The third-order valence-electron chi connectivity index (χ3n) is 3.33. The van der Waals surface area contributed by atoms with Crippen molar-refractivity contribution in [2.75, 3.05) is 20.8 Å². The van der Waals surface area contributed by atoms with Gasteiger partial charge in [0.2, 0.25) is 0 Å². The molecule has 2 rings (SSSR count). The molecule has 0 aliphatic rings. The van der Waals surface area contributed by atoms with Gasteiger partial charge in [0.05, 0.1) is 19.8 Å². The van der Waals surface area contributed by atoms with Gasteiger partial charge >= 0.3 is 5.97 Å². The predicted octanol–water partition coefficient (Wildman–Crippen LogP) is 2.18. The highest BCUT2D eigenvalue weighted by Gasteiger charge is 2.11. The molecule has 2 aromatic carbocycles. The Kier molecular flexibility index (Phi) is 6.19. The summed E-state index contributed by atoms with van der Waals surface area (Å²) in [6.45, 7) is -0.0526. The Morgan fingerprint density at radius 1 is 0.958 bits per heavy atom. The van der Waals surface area contributed by atoms with E-state index in [1.807, 2.05) is 24.3 Å². The fraction of sp³-hybridized carbons (Fsp3) is 0.222. The second-order valence-electron chi connectivity index (χ2n) is 4.89. The van der Waals surface area contributed by atoms with Crippen LogP contribution in [0.25, 0.3) is 0 Å². The van der Waals surface area contributed by atoms with Crippen LogP contribution < -0.4 is 14.8 Å². The molecule has 0 atom stereocenters. The van der Waals surface area contributed by atoms with Crippen molar-refractivity contribution >= 4 is 11.9 Å². The van der Waals surface area contributed by atoms with Gasteiger partial charge in [-0.2, -0.15) is 0 Å². The van der Waals surface area contributed by atoms with Crippen LogP contribution in [0.1, 0.15) is 15.9 Å². The smallest absolute Gasteiger partial charge is 0.338 e. The summed E-state index contributed by atoms with van der Waals surface area (Å²) < 4.78 is 15.2. The van der Waals surface area contributed by atoms with Crippen molar-refractivity contribution < 1.29 is 23.8 Å². The van der Waals surface area contributed by atoms with Gasteiger partial charge in [-0.3, -0.25) is 4.79 Å². The fourth-order valence-electron chi connectivity index (χ4n) is 2.04. The normalized spacial score (nSPS) is 9.92. The first-order valence-corrected chi connectivity index (χ1v) is 7.34. The zero-order valence-electron chi connectivity index (χ0n) is 13.6. The number of amides is 1. The summed E-state index contributed by atoms with van der Waals surface area (Å²) in [5.74, 6) is 0.377. The maximum atomic E-state index is 11.9. The first-order valence-electron chi connectivity index (χ1n) is 7.34. The Bertz CT molecular complexity index is 697. The third kappa shape index (κ3) is 4.74. The molecule has 6 heteroatoms. The number of para-hydroxylation sites is 1. The van der Waals surface area contributed by atoms with Gasteiger partial charge in [0, 0.05) is 12.1 Å². The standard InChI is InChI=1S/C18H19NO5/c1-22-15-9-7-13(8-10-15)18(21)24-12-17(20)19-11-14-5-3-4-6-16(14)23-2/h3-10H,11-12H2,1-2H3,(H,19,20). The van der Waals surface area contributed by atoms with E-state index in [0.717, 1.165) is 5.56 Å². The Morgan fingerprint density at radius 2 is 1.67 bits per heavy atom. The van der Waals surface area contributed by atoms with Crippen LogP contribution in [0.4, 0.5) is 0 Å². The zero-order valence-corrected chi connectivity index (χ0v) is 13.6. The van der Waals surface area contributed by atoms with Gasteiger partial charge in [0.25, 0.3) is 5.91 Å². The van der Waals surface area contributed by atoms with E-state index in [1.165, 1.54) is 0 Å². The zero-order chi connectivity index (χ0) is 17.4. The number of esters is 1. The van der Waals surface area contributed by atoms with Crippen LogP contribution in [0.5, 0.6) is 11.5 Å². The Balaban J connectivity index is 1.81. The Hall–Kier alpha value is -3.02. The lowest BCUT2D eigenvalue weighted by molar-refractivity contribution is -0.124. The molecule has 0 spiro atoms. The van der Waals surface area contributed by atoms with Crippen molar-refractivity contribution in [3.05, 3.63) is 59.7 Å². The summed E-state index contributed by atoms with van der Waals surface area (Å²) >= 11 is 0. The minimum Gasteiger partial charge on any atom is -0.497 e. The highest BCUT2D eigenvalue weighted by atomic mass is 16.5. The van der Waals surface area contributed by atoms with Crippen LogP contribution in [0, 0.1) is 0 Å². The maximum absolute atomic E-state index is 11.9. The molecule has 1 N–H and O–H groups in total. The Labute approximate surface area is 140 Å². The van der Waals surface area contributed by atoms with E-state index < -0.39 is 5.97 Å². The first kappa shape index (κ1) is 17.3. The molecule has 126 valence electrons. The Morgan fingerprint density at radius 3 is 2.33 bits per heavy atom. The van der Waals surface area contributed by atoms with Crippen molar-refractivity contribution in [3.8, 4) is 11.5 Å². The van der Waals surface area contributed by atoms with Gasteiger partial charge in [-0.25, -0.2) is 4.79 Å². The monoisotopic (exact) mass is 329 g/mol. The van der Waals surface area contributed by atoms with Crippen molar-refractivity contribution in [3.63, 3.8) is 0 Å². The first-order chi connectivity index (χ1) is 11.6. The predicted molar refractivity (Wildman–Crippen MR) is 88.1 cm³/mol. The summed E-state index contributed by atoms with van der Waals surface area (Å²) in [5.41, 5.74) is 1.20. The van der Waals surface area contributed by atoms with E-state index in [0.29, 0.717) is 23.6 Å². The molecule has 0 bridgehead atoms. The van der Waals surface area contributed by atoms with Gasteiger partial charge in [-0.05, 0) is 30.3 Å². The van der Waals surface area contributed by atoms with E-state index >= 15 is 0 Å². The number of carbonyl (C=O) groups excluding carboxylic acids is 2. The topological polar surface area (TPSA) is 73.9 Å². The van der Waals surface area contributed by atoms with Crippen LogP contribution in [0.15, 0.2) is 48.5 Å². The molecule has 6 nitrogen and oxygen atoms in total. The summed E-state index contributed by atoms with van der Waals surface area (Å²) in [6, 6.07) is 13.8. The lowest BCUT2D eigenvalue weighted by Gasteiger charge is -2.10. The van der Waals surface area contributed by atoms with Crippen LogP contribution in [-0.2, 0) is 16.1 Å². The number of ether oxygens (including phenoxy) is 3. The van der Waals surface area contributed by atoms with Gasteiger partial charge < -0.3 is 19.5 Å². The molecular weight excluding hydrogens is 310 g/mol. The van der Waals surface area contributed by atoms with E-state index in [1.54, 1.807) is 38.5 Å². The van der Waals surface area contributed by atoms with Crippen molar-refractivity contribution in [1.82, 2.24) is 5.32 Å². The van der Waals surface area contributed by atoms with Gasteiger partial charge in [-0.15, -0.1) is 0 Å². The number of carbonyl (C=O) groups is 2. The number of benzene rings is 2.